The van der Waals surface area contributed by atoms with Gasteiger partial charge in [0.05, 0.1) is 0 Å². The van der Waals surface area contributed by atoms with Gasteiger partial charge in [-0.1, -0.05) is 0 Å². The van der Waals surface area contributed by atoms with Gasteiger partial charge in [-0.25, -0.2) is 0 Å². The SMILES string of the molecule is CN(C)CCNCC1(CCO)CC1. The maximum absolute atomic E-state index is 8.85. The van der Waals surface area contributed by atoms with Crippen molar-refractivity contribution in [3.8, 4) is 0 Å². The number of likely N-dealkylation sites (N-methyl/N-ethyl adjacent to an activating group) is 1. The summed E-state index contributed by atoms with van der Waals surface area (Å²) < 4.78 is 0. The fraction of sp³-hybridized carbons (Fsp3) is 1.00. The molecule has 2 N–H and O–H groups in total. The molecule has 0 amide bonds. The van der Waals surface area contributed by atoms with Crippen molar-refractivity contribution >= 4 is 0 Å². The highest BCUT2D eigenvalue weighted by Crippen LogP contribution is 2.47. The van der Waals surface area contributed by atoms with Crippen molar-refractivity contribution in [1.82, 2.24) is 10.2 Å². The Hall–Kier alpha value is -0.120. The molecule has 1 rings (SSSR count). The Kier molecular flexibility index (Phi) is 4.16. The second-order valence-electron chi connectivity index (χ2n) is 4.45. The molecule has 0 aromatic carbocycles. The number of hydrogen-bond donors (Lipinski definition) is 2. The van der Waals surface area contributed by atoms with Gasteiger partial charge in [-0.15, -0.1) is 0 Å². The third-order valence-electron chi connectivity index (χ3n) is 2.84. The topological polar surface area (TPSA) is 35.5 Å². The Balaban J connectivity index is 1.99. The maximum Gasteiger partial charge on any atom is 0.0436 e. The lowest BCUT2D eigenvalue weighted by molar-refractivity contribution is 0.244. The van der Waals surface area contributed by atoms with Gasteiger partial charge in [0.15, 0.2) is 0 Å². The molecule has 0 unspecified atom stereocenters. The average molecular weight is 186 g/mol. The number of nitrogens with one attached hydrogen (secondary N) is 1. The minimum atomic E-state index is 0.343. The fourth-order valence-electron chi connectivity index (χ4n) is 1.59. The summed E-state index contributed by atoms with van der Waals surface area (Å²) in [6.07, 6.45) is 3.56. The number of rotatable bonds is 7. The van der Waals surface area contributed by atoms with E-state index in [1.807, 2.05) is 0 Å². The summed E-state index contributed by atoms with van der Waals surface area (Å²) in [5.74, 6) is 0. The normalized spacial score (nSPS) is 19.4. The molecule has 0 spiro atoms. The average Bonchev–Trinajstić information content (AvgIpc) is 2.80. The third kappa shape index (κ3) is 4.07. The van der Waals surface area contributed by atoms with Crippen LogP contribution in [0.1, 0.15) is 19.3 Å². The Morgan fingerprint density at radius 1 is 1.38 bits per heavy atom. The number of hydrogen-bond acceptors (Lipinski definition) is 3. The van der Waals surface area contributed by atoms with Crippen molar-refractivity contribution in [3.63, 3.8) is 0 Å². The second-order valence-corrected chi connectivity index (χ2v) is 4.45. The lowest BCUT2D eigenvalue weighted by Gasteiger charge is -2.16. The van der Waals surface area contributed by atoms with Crippen LogP contribution in [0, 0.1) is 5.41 Å². The predicted octanol–water partition coefficient (Wildman–Crippen LogP) is 0.300. The van der Waals surface area contributed by atoms with E-state index in [4.69, 9.17) is 5.11 Å². The summed E-state index contributed by atoms with van der Waals surface area (Å²) in [5.41, 5.74) is 0.459. The van der Waals surface area contributed by atoms with Crippen LogP contribution < -0.4 is 5.32 Å². The molecule has 0 aromatic rings. The van der Waals surface area contributed by atoms with E-state index >= 15 is 0 Å². The van der Waals surface area contributed by atoms with Crippen LogP contribution in [0.4, 0.5) is 0 Å². The van der Waals surface area contributed by atoms with Crippen molar-refractivity contribution in [2.45, 2.75) is 19.3 Å². The highest BCUT2D eigenvalue weighted by molar-refractivity contribution is 4.94. The van der Waals surface area contributed by atoms with E-state index in [0.29, 0.717) is 12.0 Å². The van der Waals surface area contributed by atoms with Crippen LogP contribution in [0.25, 0.3) is 0 Å². The molecule has 1 fully saturated rings. The number of nitrogens with zero attached hydrogens (tertiary/aromatic N) is 1. The van der Waals surface area contributed by atoms with E-state index < -0.39 is 0 Å². The molecule has 3 heteroatoms. The first-order valence-electron chi connectivity index (χ1n) is 5.15. The smallest absolute Gasteiger partial charge is 0.0436 e. The van der Waals surface area contributed by atoms with Gasteiger partial charge in [-0.2, -0.15) is 0 Å². The van der Waals surface area contributed by atoms with Crippen molar-refractivity contribution in [1.29, 1.82) is 0 Å². The Morgan fingerprint density at radius 2 is 2.08 bits per heavy atom. The summed E-state index contributed by atoms with van der Waals surface area (Å²) in [4.78, 5) is 2.18. The van der Waals surface area contributed by atoms with Crippen molar-refractivity contribution in [2.24, 2.45) is 5.41 Å². The van der Waals surface area contributed by atoms with Crippen molar-refractivity contribution in [2.75, 3.05) is 40.3 Å². The first-order valence-corrected chi connectivity index (χ1v) is 5.15. The van der Waals surface area contributed by atoms with E-state index in [2.05, 4.69) is 24.3 Å². The van der Waals surface area contributed by atoms with Crippen LogP contribution in [-0.4, -0.2) is 50.3 Å². The zero-order valence-corrected chi connectivity index (χ0v) is 8.84. The lowest BCUT2D eigenvalue weighted by Crippen LogP contribution is -2.31. The molecule has 0 heterocycles. The molecule has 0 atom stereocenters. The Labute approximate surface area is 81.1 Å². The summed E-state index contributed by atoms with van der Waals surface area (Å²) in [6.45, 7) is 3.58. The minimum absolute atomic E-state index is 0.343. The standard InChI is InChI=1S/C10H22N2O/c1-12(2)7-6-11-9-10(3-4-10)5-8-13/h11,13H,3-9H2,1-2H3. The molecule has 0 bridgehead atoms. The zero-order valence-electron chi connectivity index (χ0n) is 8.84. The van der Waals surface area contributed by atoms with Crippen LogP contribution in [0.5, 0.6) is 0 Å². The molecular formula is C10H22N2O. The molecule has 1 saturated carbocycles. The van der Waals surface area contributed by atoms with Gasteiger partial charge in [0.2, 0.25) is 0 Å². The molecule has 0 aliphatic heterocycles. The van der Waals surface area contributed by atoms with Crippen LogP contribution in [0.3, 0.4) is 0 Å². The first kappa shape index (κ1) is 11.0. The third-order valence-corrected chi connectivity index (χ3v) is 2.84. The van der Waals surface area contributed by atoms with Crippen molar-refractivity contribution in [3.05, 3.63) is 0 Å². The van der Waals surface area contributed by atoms with Gasteiger partial charge in [-0.3, -0.25) is 0 Å². The molecule has 13 heavy (non-hydrogen) atoms. The quantitative estimate of drug-likeness (QED) is 0.561. The molecule has 0 saturated heterocycles. The van der Waals surface area contributed by atoms with Gasteiger partial charge in [0, 0.05) is 26.2 Å². The van der Waals surface area contributed by atoms with Gasteiger partial charge in [0.1, 0.15) is 0 Å². The predicted molar refractivity (Wildman–Crippen MR) is 54.8 cm³/mol. The van der Waals surface area contributed by atoms with Crippen LogP contribution in [-0.2, 0) is 0 Å². The molecule has 3 nitrogen and oxygen atoms in total. The fourth-order valence-corrected chi connectivity index (χ4v) is 1.59. The Bertz CT molecular complexity index is 144. The Morgan fingerprint density at radius 3 is 2.54 bits per heavy atom. The highest BCUT2D eigenvalue weighted by Gasteiger charge is 2.41. The zero-order chi connectivity index (χ0) is 9.73. The summed E-state index contributed by atoms with van der Waals surface area (Å²) in [6, 6.07) is 0. The molecule has 0 radical (unpaired) electrons. The van der Waals surface area contributed by atoms with E-state index in [0.717, 1.165) is 26.1 Å². The van der Waals surface area contributed by atoms with E-state index in [9.17, 15) is 0 Å². The van der Waals surface area contributed by atoms with E-state index in [-0.39, 0.29) is 0 Å². The molecule has 1 aliphatic rings. The summed E-state index contributed by atoms with van der Waals surface area (Å²) in [5, 5.41) is 12.3. The molecule has 0 aromatic heterocycles. The van der Waals surface area contributed by atoms with Crippen LogP contribution >= 0.6 is 0 Å². The second kappa shape index (κ2) is 4.94. The van der Waals surface area contributed by atoms with Crippen molar-refractivity contribution < 1.29 is 5.11 Å². The summed E-state index contributed by atoms with van der Waals surface area (Å²) >= 11 is 0. The first-order chi connectivity index (χ1) is 6.18. The largest absolute Gasteiger partial charge is 0.396 e. The van der Waals surface area contributed by atoms with Gasteiger partial charge >= 0.3 is 0 Å². The van der Waals surface area contributed by atoms with Crippen LogP contribution in [0.15, 0.2) is 0 Å². The number of aliphatic hydroxyl groups is 1. The van der Waals surface area contributed by atoms with Crippen LogP contribution in [0.2, 0.25) is 0 Å². The molecule has 1 aliphatic carbocycles. The highest BCUT2D eigenvalue weighted by atomic mass is 16.3. The monoisotopic (exact) mass is 186 g/mol. The van der Waals surface area contributed by atoms with Gasteiger partial charge in [-0.05, 0) is 38.8 Å². The lowest BCUT2D eigenvalue weighted by atomic mass is 10.0. The van der Waals surface area contributed by atoms with E-state index in [1.165, 1.54) is 12.8 Å². The molecular weight excluding hydrogens is 164 g/mol. The number of aliphatic hydroxyl groups excluding tert-OH is 1. The maximum atomic E-state index is 8.85. The minimum Gasteiger partial charge on any atom is -0.396 e. The van der Waals surface area contributed by atoms with Gasteiger partial charge in [0.25, 0.3) is 0 Å². The van der Waals surface area contributed by atoms with E-state index in [1.54, 1.807) is 0 Å². The molecule has 78 valence electrons. The summed E-state index contributed by atoms with van der Waals surface area (Å²) in [7, 11) is 4.17. The van der Waals surface area contributed by atoms with Gasteiger partial charge < -0.3 is 15.3 Å².